The Hall–Kier alpha value is -2.01. The summed E-state index contributed by atoms with van der Waals surface area (Å²) in [5.41, 5.74) is 1.90. The van der Waals surface area contributed by atoms with Crippen molar-refractivity contribution in [3.8, 4) is 11.5 Å². The van der Waals surface area contributed by atoms with Crippen molar-refractivity contribution in [3.05, 3.63) is 41.5 Å². The minimum Gasteiger partial charge on any atom is -0.454 e. The zero-order valence-electron chi connectivity index (χ0n) is 10.1. The molecule has 5 nitrogen and oxygen atoms in total. The minimum absolute atomic E-state index is 0.00854. The molecule has 1 N–H and O–H groups in total. The number of aliphatic hydroxyl groups excluding tert-OH is 1. The number of imidazole rings is 1. The van der Waals surface area contributed by atoms with E-state index in [-0.39, 0.29) is 13.4 Å². The van der Waals surface area contributed by atoms with Gasteiger partial charge in [0.05, 0.1) is 18.5 Å². The van der Waals surface area contributed by atoms with Crippen LogP contribution in [-0.2, 0) is 13.2 Å². The van der Waals surface area contributed by atoms with Gasteiger partial charge in [0.15, 0.2) is 11.5 Å². The second-order valence-corrected chi connectivity index (χ2v) is 4.23. The van der Waals surface area contributed by atoms with Gasteiger partial charge in [-0.25, -0.2) is 4.98 Å². The van der Waals surface area contributed by atoms with Crippen LogP contribution in [-0.4, -0.2) is 21.5 Å². The zero-order chi connectivity index (χ0) is 12.5. The highest BCUT2D eigenvalue weighted by molar-refractivity contribution is 5.44. The predicted molar refractivity (Wildman–Crippen MR) is 64.6 cm³/mol. The van der Waals surface area contributed by atoms with Crippen molar-refractivity contribution in [3.63, 3.8) is 0 Å². The summed E-state index contributed by atoms with van der Waals surface area (Å²) in [7, 11) is 0. The SMILES string of the molecule is Cc1ncc(CO)n1Cc1ccc2c(c1)OCO2. The van der Waals surface area contributed by atoms with E-state index in [1.54, 1.807) is 6.20 Å². The number of benzene rings is 1. The maximum Gasteiger partial charge on any atom is 0.231 e. The first-order valence-electron chi connectivity index (χ1n) is 5.78. The van der Waals surface area contributed by atoms with E-state index >= 15 is 0 Å². The first-order chi connectivity index (χ1) is 8.78. The molecule has 0 fully saturated rings. The van der Waals surface area contributed by atoms with Crippen molar-refractivity contribution >= 4 is 0 Å². The molecule has 5 heteroatoms. The average molecular weight is 246 g/mol. The molecular formula is C13H14N2O3. The number of aliphatic hydroxyl groups is 1. The van der Waals surface area contributed by atoms with Gasteiger partial charge in [-0.15, -0.1) is 0 Å². The van der Waals surface area contributed by atoms with Crippen LogP contribution in [0.25, 0.3) is 0 Å². The van der Waals surface area contributed by atoms with Gasteiger partial charge in [0.2, 0.25) is 6.79 Å². The maximum absolute atomic E-state index is 9.26. The molecule has 0 saturated carbocycles. The molecule has 0 saturated heterocycles. The van der Waals surface area contributed by atoms with E-state index in [0.29, 0.717) is 6.54 Å². The van der Waals surface area contributed by atoms with Crippen LogP contribution in [0, 0.1) is 6.92 Å². The van der Waals surface area contributed by atoms with Crippen LogP contribution in [0.4, 0.5) is 0 Å². The molecule has 0 unspecified atom stereocenters. The fourth-order valence-electron chi connectivity index (χ4n) is 2.08. The van der Waals surface area contributed by atoms with Gasteiger partial charge in [0.25, 0.3) is 0 Å². The van der Waals surface area contributed by atoms with Crippen LogP contribution in [0.1, 0.15) is 17.1 Å². The summed E-state index contributed by atoms with van der Waals surface area (Å²) in [6.07, 6.45) is 1.70. The Kier molecular flexibility index (Phi) is 2.68. The topological polar surface area (TPSA) is 56.5 Å². The molecule has 1 aromatic carbocycles. The van der Waals surface area contributed by atoms with Gasteiger partial charge in [-0.1, -0.05) is 6.07 Å². The number of rotatable bonds is 3. The van der Waals surface area contributed by atoms with Crippen LogP contribution < -0.4 is 9.47 Å². The summed E-state index contributed by atoms with van der Waals surface area (Å²) in [6, 6.07) is 5.86. The zero-order valence-corrected chi connectivity index (χ0v) is 10.1. The Balaban J connectivity index is 1.90. The number of hydrogen-bond donors (Lipinski definition) is 1. The first-order valence-corrected chi connectivity index (χ1v) is 5.78. The van der Waals surface area contributed by atoms with Gasteiger partial charge in [-0.05, 0) is 24.6 Å². The van der Waals surface area contributed by atoms with Crippen LogP contribution in [0.2, 0.25) is 0 Å². The average Bonchev–Trinajstić information content (AvgIpc) is 2.97. The predicted octanol–water partition coefficient (Wildman–Crippen LogP) is 1.46. The molecule has 0 spiro atoms. The number of aromatic nitrogens is 2. The summed E-state index contributed by atoms with van der Waals surface area (Å²) in [5, 5.41) is 9.26. The second-order valence-electron chi connectivity index (χ2n) is 4.23. The Morgan fingerprint density at radius 3 is 3.00 bits per heavy atom. The largest absolute Gasteiger partial charge is 0.454 e. The monoisotopic (exact) mass is 246 g/mol. The lowest BCUT2D eigenvalue weighted by molar-refractivity contribution is 0.174. The van der Waals surface area contributed by atoms with Crippen molar-refractivity contribution < 1.29 is 14.6 Å². The van der Waals surface area contributed by atoms with Crippen LogP contribution in [0.15, 0.2) is 24.4 Å². The van der Waals surface area contributed by atoms with Crippen molar-refractivity contribution in [1.82, 2.24) is 9.55 Å². The number of fused-ring (bicyclic) bond motifs is 1. The minimum atomic E-state index is -0.00854. The molecule has 1 aromatic heterocycles. The van der Waals surface area contributed by atoms with E-state index in [9.17, 15) is 5.11 Å². The number of nitrogens with zero attached hydrogens (tertiary/aromatic N) is 2. The number of hydrogen-bond acceptors (Lipinski definition) is 4. The Morgan fingerprint density at radius 2 is 2.17 bits per heavy atom. The third kappa shape index (κ3) is 1.82. The smallest absolute Gasteiger partial charge is 0.231 e. The molecule has 3 rings (SSSR count). The number of ether oxygens (including phenoxy) is 2. The molecule has 1 aliphatic rings. The van der Waals surface area contributed by atoms with Crippen molar-refractivity contribution in [2.45, 2.75) is 20.1 Å². The van der Waals surface area contributed by atoms with E-state index < -0.39 is 0 Å². The van der Waals surface area contributed by atoms with Crippen LogP contribution in [0.5, 0.6) is 11.5 Å². The highest BCUT2D eigenvalue weighted by Crippen LogP contribution is 2.32. The van der Waals surface area contributed by atoms with Gasteiger partial charge in [0, 0.05) is 6.54 Å². The van der Waals surface area contributed by atoms with Crippen LogP contribution in [0.3, 0.4) is 0 Å². The molecule has 94 valence electrons. The molecule has 2 heterocycles. The molecule has 0 radical (unpaired) electrons. The Bertz CT molecular complexity index is 578. The summed E-state index contributed by atoms with van der Waals surface area (Å²) < 4.78 is 12.6. The Labute approximate surface area is 105 Å². The molecule has 0 amide bonds. The molecular weight excluding hydrogens is 232 g/mol. The van der Waals surface area contributed by atoms with Crippen molar-refractivity contribution in [2.24, 2.45) is 0 Å². The van der Waals surface area contributed by atoms with Gasteiger partial charge in [-0.2, -0.15) is 0 Å². The summed E-state index contributed by atoms with van der Waals surface area (Å²) in [6.45, 7) is 2.86. The van der Waals surface area contributed by atoms with E-state index in [4.69, 9.17) is 9.47 Å². The second kappa shape index (κ2) is 4.34. The third-order valence-electron chi connectivity index (χ3n) is 3.08. The third-order valence-corrected chi connectivity index (χ3v) is 3.08. The van der Waals surface area contributed by atoms with E-state index in [1.165, 1.54) is 0 Å². The quantitative estimate of drug-likeness (QED) is 0.890. The fourth-order valence-corrected chi connectivity index (χ4v) is 2.08. The summed E-state index contributed by atoms with van der Waals surface area (Å²) >= 11 is 0. The van der Waals surface area contributed by atoms with Gasteiger partial charge in [-0.3, -0.25) is 0 Å². The summed E-state index contributed by atoms with van der Waals surface area (Å²) in [5.74, 6) is 2.44. The van der Waals surface area contributed by atoms with E-state index in [1.807, 2.05) is 29.7 Å². The molecule has 0 bridgehead atoms. The molecule has 0 aliphatic carbocycles. The lowest BCUT2D eigenvalue weighted by Crippen LogP contribution is -2.06. The lowest BCUT2D eigenvalue weighted by atomic mass is 10.2. The highest BCUT2D eigenvalue weighted by Gasteiger charge is 2.14. The van der Waals surface area contributed by atoms with Crippen molar-refractivity contribution in [1.29, 1.82) is 0 Å². The molecule has 18 heavy (non-hydrogen) atoms. The van der Waals surface area contributed by atoms with Crippen LogP contribution >= 0.6 is 0 Å². The first kappa shape index (κ1) is 11.1. The maximum atomic E-state index is 9.26. The van der Waals surface area contributed by atoms with Crippen molar-refractivity contribution in [2.75, 3.05) is 6.79 Å². The standard InChI is InChI=1S/C13H14N2O3/c1-9-14-5-11(7-16)15(9)6-10-2-3-12-13(4-10)18-8-17-12/h2-5,16H,6-8H2,1H3. The molecule has 2 aromatic rings. The Morgan fingerprint density at radius 1 is 1.33 bits per heavy atom. The summed E-state index contributed by atoms with van der Waals surface area (Å²) in [4.78, 5) is 4.20. The van der Waals surface area contributed by atoms with Gasteiger partial charge < -0.3 is 19.1 Å². The fraction of sp³-hybridized carbons (Fsp3) is 0.308. The lowest BCUT2D eigenvalue weighted by Gasteiger charge is -2.09. The normalized spacial score (nSPS) is 13.0. The molecule has 1 aliphatic heterocycles. The molecule has 0 atom stereocenters. The van der Waals surface area contributed by atoms with E-state index in [2.05, 4.69) is 4.98 Å². The van der Waals surface area contributed by atoms with Gasteiger partial charge >= 0.3 is 0 Å². The number of aryl methyl sites for hydroxylation is 1. The van der Waals surface area contributed by atoms with Gasteiger partial charge in [0.1, 0.15) is 5.82 Å². The van der Waals surface area contributed by atoms with E-state index in [0.717, 1.165) is 28.6 Å². The highest BCUT2D eigenvalue weighted by atomic mass is 16.7.